The Morgan fingerprint density at radius 3 is 2.52 bits per heavy atom. The van der Waals surface area contributed by atoms with Crippen molar-refractivity contribution in [3.63, 3.8) is 0 Å². The van der Waals surface area contributed by atoms with Crippen LogP contribution < -0.4 is 14.8 Å². The lowest BCUT2D eigenvalue weighted by atomic mass is 9.95. The molecule has 25 heavy (non-hydrogen) atoms. The fourth-order valence-electron chi connectivity index (χ4n) is 3.41. The van der Waals surface area contributed by atoms with E-state index in [4.69, 9.17) is 21.1 Å². The van der Waals surface area contributed by atoms with Crippen molar-refractivity contribution < 1.29 is 9.47 Å². The Kier molecular flexibility index (Phi) is 6.19. The fraction of sp³-hybridized carbons (Fsp3) is 0.400. The summed E-state index contributed by atoms with van der Waals surface area (Å²) in [5.41, 5.74) is 2.32. The summed E-state index contributed by atoms with van der Waals surface area (Å²) in [6.07, 6.45) is 1.12. The molecule has 1 saturated heterocycles. The lowest BCUT2D eigenvalue weighted by molar-refractivity contribution is 0.235. The number of nitrogens with one attached hydrogen (secondary N) is 1. The Bertz CT molecular complexity index is 683. The van der Waals surface area contributed by atoms with Crippen molar-refractivity contribution in [3.05, 3.63) is 58.6 Å². The number of benzene rings is 2. The maximum atomic E-state index is 6.11. The first kappa shape index (κ1) is 18.1. The standard InChI is InChI=1S/C20H25ClN2O2/c1-24-17-8-9-19(25-2)18(14-17)20(15-4-6-16(21)7-5-15)23-12-3-10-22-11-13-23/h4-9,14,20,22H,3,10-13H2,1-2H3. The Hall–Kier alpha value is -1.75. The van der Waals surface area contributed by atoms with E-state index in [0.29, 0.717) is 0 Å². The van der Waals surface area contributed by atoms with E-state index in [2.05, 4.69) is 28.4 Å². The van der Waals surface area contributed by atoms with Gasteiger partial charge in [0.1, 0.15) is 11.5 Å². The zero-order valence-electron chi connectivity index (χ0n) is 14.8. The van der Waals surface area contributed by atoms with Gasteiger partial charge in [0.25, 0.3) is 0 Å². The SMILES string of the molecule is COc1ccc(OC)c(C(c2ccc(Cl)cc2)N2CCCNCC2)c1. The van der Waals surface area contributed by atoms with Crippen molar-refractivity contribution in [1.29, 1.82) is 0 Å². The second-order valence-electron chi connectivity index (χ2n) is 6.20. The van der Waals surface area contributed by atoms with Crippen LogP contribution in [0.2, 0.25) is 5.02 Å². The molecule has 0 radical (unpaired) electrons. The van der Waals surface area contributed by atoms with Gasteiger partial charge in [-0.25, -0.2) is 0 Å². The summed E-state index contributed by atoms with van der Waals surface area (Å²) in [6, 6.07) is 14.2. The molecule has 1 aliphatic rings. The van der Waals surface area contributed by atoms with E-state index in [1.165, 1.54) is 5.56 Å². The van der Waals surface area contributed by atoms with Gasteiger partial charge in [-0.05, 0) is 48.9 Å². The van der Waals surface area contributed by atoms with Crippen molar-refractivity contribution in [1.82, 2.24) is 10.2 Å². The van der Waals surface area contributed by atoms with E-state index in [0.717, 1.165) is 54.7 Å². The molecule has 1 unspecified atom stereocenters. The van der Waals surface area contributed by atoms with Crippen LogP contribution >= 0.6 is 11.6 Å². The van der Waals surface area contributed by atoms with Gasteiger partial charge in [0.2, 0.25) is 0 Å². The molecule has 5 heteroatoms. The van der Waals surface area contributed by atoms with Crippen LogP contribution in [0.3, 0.4) is 0 Å². The van der Waals surface area contributed by atoms with Gasteiger partial charge in [0.15, 0.2) is 0 Å². The Morgan fingerprint density at radius 1 is 1.00 bits per heavy atom. The lowest BCUT2D eigenvalue weighted by Gasteiger charge is -2.32. The highest BCUT2D eigenvalue weighted by Gasteiger charge is 2.26. The van der Waals surface area contributed by atoms with E-state index < -0.39 is 0 Å². The zero-order valence-corrected chi connectivity index (χ0v) is 15.6. The zero-order chi connectivity index (χ0) is 17.6. The second kappa shape index (κ2) is 8.56. The van der Waals surface area contributed by atoms with Crippen LogP contribution in [0, 0.1) is 0 Å². The van der Waals surface area contributed by atoms with Gasteiger partial charge in [-0.1, -0.05) is 23.7 Å². The van der Waals surface area contributed by atoms with Crippen molar-refractivity contribution in [3.8, 4) is 11.5 Å². The molecule has 1 heterocycles. The summed E-state index contributed by atoms with van der Waals surface area (Å²) in [7, 11) is 3.41. The third-order valence-corrected chi connectivity index (χ3v) is 4.91. The molecule has 2 aromatic rings. The molecule has 0 bridgehead atoms. The molecular formula is C20H25ClN2O2. The molecule has 1 fully saturated rings. The minimum atomic E-state index is 0.0993. The highest BCUT2D eigenvalue weighted by Crippen LogP contribution is 2.37. The van der Waals surface area contributed by atoms with Crippen molar-refractivity contribution >= 4 is 11.6 Å². The normalized spacial score (nSPS) is 16.9. The predicted octanol–water partition coefficient (Wildman–Crippen LogP) is 3.74. The van der Waals surface area contributed by atoms with Crippen LogP contribution in [0.1, 0.15) is 23.6 Å². The number of methoxy groups -OCH3 is 2. The highest BCUT2D eigenvalue weighted by atomic mass is 35.5. The highest BCUT2D eigenvalue weighted by molar-refractivity contribution is 6.30. The average molecular weight is 361 g/mol. The van der Waals surface area contributed by atoms with E-state index in [9.17, 15) is 0 Å². The molecule has 0 spiro atoms. The molecule has 1 aliphatic heterocycles. The van der Waals surface area contributed by atoms with E-state index in [1.807, 2.05) is 24.3 Å². The maximum absolute atomic E-state index is 6.11. The first-order chi connectivity index (χ1) is 12.2. The third-order valence-electron chi connectivity index (χ3n) is 4.66. The summed E-state index contributed by atoms with van der Waals surface area (Å²) in [5.74, 6) is 1.71. The second-order valence-corrected chi connectivity index (χ2v) is 6.64. The predicted molar refractivity (Wildman–Crippen MR) is 102 cm³/mol. The number of halogens is 1. The van der Waals surface area contributed by atoms with Gasteiger partial charge in [0.05, 0.1) is 20.3 Å². The monoisotopic (exact) mass is 360 g/mol. The number of hydrogen-bond donors (Lipinski definition) is 1. The Balaban J connectivity index is 2.08. The van der Waals surface area contributed by atoms with Crippen LogP contribution in [-0.2, 0) is 0 Å². The molecule has 1 atom stereocenters. The van der Waals surface area contributed by atoms with Crippen molar-refractivity contribution in [2.45, 2.75) is 12.5 Å². The van der Waals surface area contributed by atoms with Crippen LogP contribution in [0.5, 0.6) is 11.5 Å². The minimum absolute atomic E-state index is 0.0993. The van der Waals surface area contributed by atoms with Gasteiger partial charge in [-0.15, -0.1) is 0 Å². The summed E-state index contributed by atoms with van der Waals surface area (Å²) in [6.45, 7) is 4.05. The van der Waals surface area contributed by atoms with Crippen LogP contribution in [0.25, 0.3) is 0 Å². The lowest BCUT2D eigenvalue weighted by Crippen LogP contribution is -2.33. The summed E-state index contributed by atoms with van der Waals surface area (Å²) in [5, 5.41) is 4.22. The van der Waals surface area contributed by atoms with E-state index >= 15 is 0 Å². The molecule has 0 aromatic heterocycles. The van der Waals surface area contributed by atoms with E-state index in [-0.39, 0.29) is 6.04 Å². The van der Waals surface area contributed by atoms with Gasteiger partial charge in [-0.2, -0.15) is 0 Å². The summed E-state index contributed by atoms with van der Waals surface area (Å²) in [4.78, 5) is 2.50. The van der Waals surface area contributed by atoms with Crippen LogP contribution in [0.15, 0.2) is 42.5 Å². The first-order valence-electron chi connectivity index (χ1n) is 8.65. The van der Waals surface area contributed by atoms with Gasteiger partial charge < -0.3 is 14.8 Å². The number of ether oxygens (including phenoxy) is 2. The molecule has 3 rings (SSSR count). The van der Waals surface area contributed by atoms with Gasteiger partial charge in [-0.3, -0.25) is 4.90 Å². The maximum Gasteiger partial charge on any atom is 0.124 e. The molecule has 0 amide bonds. The minimum Gasteiger partial charge on any atom is -0.497 e. The molecule has 0 aliphatic carbocycles. The molecule has 2 aromatic carbocycles. The van der Waals surface area contributed by atoms with Crippen molar-refractivity contribution in [2.75, 3.05) is 40.4 Å². The van der Waals surface area contributed by atoms with Crippen molar-refractivity contribution in [2.24, 2.45) is 0 Å². The Morgan fingerprint density at radius 2 is 1.80 bits per heavy atom. The molecule has 0 saturated carbocycles. The molecule has 4 nitrogen and oxygen atoms in total. The van der Waals surface area contributed by atoms with Gasteiger partial charge in [0, 0.05) is 30.2 Å². The third kappa shape index (κ3) is 4.27. The smallest absolute Gasteiger partial charge is 0.124 e. The van der Waals surface area contributed by atoms with E-state index in [1.54, 1.807) is 14.2 Å². The number of nitrogens with zero attached hydrogens (tertiary/aromatic N) is 1. The Labute approximate surface area is 154 Å². The summed E-state index contributed by atoms with van der Waals surface area (Å²) >= 11 is 6.11. The largest absolute Gasteiger partial charge is 0.497 e. The molecular weight excluding hydrogens is 336 g/mol. The molecule has 134 valence electrons. The summed E-state index contributed by atoms with van der Waals surface area (Å²) < 4.78 is 11.1. The topological polar surface area (TPSA) is 33.7 Å². The number of hydrogen-bond acceptors (Lipinski definition) is 4. The molecule has 1 N–H and O–H groups in total. The van der Waals surface area contributed by atoms with Crippen LogP contribution in [0.4, 0.5) is 0 Å². The quantitative estimate of drug-likeness (QED) is 0.880. The van der Waals surface area contributed by atoms with Crippen LogP contribution in [-0.4, -0.2) is 45.3 Å². The first-order valence-corrected chi connectivity index (χ1v) is 9.03. The fourth-order valence-corrected chi connectivity index (χ4v) is 3.54. The van der Waals surface area contributed by atoms with Gasteiger partial charge >= 0.3 is 0 Å². The average Bonchev–Trinajstić information content (AvgIpc) is 2.93. The number of rotatable bonds is 5.